The largest absolute Gasteiger partial charge is 0.497 e. The molecule has 3 atom stereocenters. The van der Waals surface area contributed by atoms with E-state index in [0.717, 1.165) is 4.90 Å². The lowest BCUT2D eigenvalue weighted by Gasteiger charge is -2.28. The Hall–Kier alpha value is -4.67. The summed E-state index contributed by atoms with van der Waals surface area (Å²) < 4.78 is 35.9. The molecule has 6 rings (SSSR count). The summed E-state index contributed by atoms with van der Waals surface area (Å²) in [7, 11) is -2.48. The van der Waals surface area contributed by atoms with Gasteiger partial charge in [0.2, 0.25) is 5.91 Å². The zero-order chi connectivity index (χ0) is 27.9. The molecule has 0 spiro atoms. The first kappa shape index (κ1) is 25.6. The molecule has 2 aliphatic rings. The Kier molecular flexibility index (Phi) is 6.49. The predicted molar refractivity (Wildman–Crippen MR) is 146 cm³/mol. The highest BCUT2D eigenvalue weighted by molar-refractivity contribution is 7.87. The van der Waals surface area contributed by atoms with Gasteiger partial charge in [-0.15, -0.1) is 0 Å². The molecule has 2 amide bonds. The van der Waals surface area contributed by atoms with Crippen molar-refractivity contribution in [3.63, 3.8) is 0 Å². The lowest BCUT2D eigenvalue weighted by atomic mass is 9.90. The number of nitrogens with zero attached hydrogens (tertiary/aromatic N) is 2. The summed E-state index contributed by atoms with van der Waals surface area (Å²) in [6.07, 6.45) is -1.03. The van der Waals surface area contributed by atoms with E-state index in [0.29, 0.717) is 22.7 Å². The predicted octanol–water partition coefficient (Wildman–Crippen LogP) is 4.51. The molecule has 2 heterocycles. The van der Waals surface area contributed by atoms with Gasteiger partial charge in [0, 0.05) is 0 Å². The van der Waals surface area contributed by atoms with Crippen molar-refractivity contribution in [2.24, 2.45) is 5.92 Å². The van der Waals surface area contributed by atoms with Gasteiger partial charge in [0.15, 0.2) is 6.10 Å². The number of hydroxylamine groups is 1. The number of fused-ring (bicyclic) bond motifs is 1. The molecule has 2 saturated heterocycles. The number of rotatable bonds is 7. The van der Waals surface area contributed by atoms with Crippen molar-refractivity contribution < 1.29 is 31.8 Å². The summed E-state index contributed by atoms with van der Waals surface area (Å²) >= 11 is 0. The summed E-state index contributed by atoms with van der Waals surface area (Å²) in [6, 6.07) is 29.4. The number of amides is 2. The lowest BCUT2D eigenvalue weighted by molar-refractivity contribution is -0.126. The maximum atomic E-state index is 13.8. The standard InChI is InChI=1S/C30H24N2O7S/c1-37-23-18-14-21(15-19-23)31-29(33)26-27(32(38-28(26)30(31)34)22-8-4-2-5-9-22)20-12-16-24(17-13-20)39-40(35,36)25-10-6-3-7-11-25/h2-19,26-28H,1H3. The van der Waals surface area contributed by atoms with Crippen LogP contribution in [0.15, 0.2) is 114 Å². The van der Waals surface area contributed by atoms with Crippen LogP contribution in [0.1, 0.15) is 11.6 Å². The third kappa shape index (κ3) is 4.47. The number of anilines is 2. The Balaban J connectivity index is 1.33. The first-order valence-electron chi connectivity index (χ1n) is 12.5. The van der Waals surface area contributed by atoms with E-state index in [-0.39, 0.29) is 10.6 Å². The van der Waals surface area contributed by atoms with Gasteiger partial charge in [0.05, 0.1) is 24.5 Å². The summed E-state index contributed by atoms with van der Waals surface area (Å²) in [6.45, 7) is 0. The van der Waals surface area contributed by atoms with Crippen LogP contribution in [0.25, 0.3) is 0 Å². The van der Waals surface area contributed by atoms with Crippen molar-refractivity contribution in [2.45, 2.75) is 17.0 Å². The smallest absolute Gasteiger partial charge is 0.339 e. The average molecular weight is 557 g/mol. The molecule has 40 heavy (non-hydrogen) atoms. The minimum absolute atomic E-state index is 0.0371. The van der Waals surface area contributed by atoms with Crippen molar-refractivity contribution in [3.8, 4) is 11.5 Å². The molecule has 9 nitrogen and oxygen atoms in total. The summed E-state index contributed by atoms with van der Waals surface area (Å²) in [5.74, 6) is -0.977. The van der Waals surface area contributed by atoms with Crippen LogP contribution in [0.5, 0.6) is 11.5 Å². The summed E-state index contributed by atoms with van der Waals surface area (Å²) in [5, 5.41) is 1.58. The van der Waals surface area contributed by atoms with Crippen molar-refractivity contribution >= 4 is 33.3 Å². The second kappa shape index (κ2) is 10.1. The first-order chi connectivity index (χ1) is 19.4. The van der Waals surface area contributed by atoms with Crippen LogP contribution in [-0.2, 0) is 24.5 Å². The van der Waals surface area contributed by atoms with Crippen LogP contribution in [-0.4, -0.2) is 33.4 Å². The van der Waals surface area contributed by atoms with E-state index in [1.807, 2.05) is 30.3 Å². The van der Waals surface area contributed by atoms with E-state index in [2.05, 4.69) is 0 Å². The monoisotopic (exact) mass is 556 g/mol. The van der Waals surface area contributed by atoms with Crippen LogP contribution in [0.2, 0.25) is 0 Å². The molecule has 0 aromatic heterocycles. The van der Waals surface area contributed by atoms with E-state index in [9.17, 15) is 18.0 Å². The third-order valence-corrected chi connectivity index (χ3v) is 8.18. The van der Waals surface area contributed by atoms with E-state index in [1.54, 1.807) is 59.7 Å². The van der Waals surface area contributed by atoms with Crippen molar-refractivity contribution in [3.05, 3.63) is 115 Å². The van der Waals surface area contributed by atoms with Crippen LogP contribution in [0, 0.1) is 5.92 Å². The number of hydrogen-bond acceptors (Lipinski definition) is 8. The fourth-order valence-electron chi connectivity index (χ4n) is 5.02. The van der Waals surface area contributed by atoms with Crippen LogP contribution < -0.4 is 18.9 Å². The minimum Gasteiger partial charge on any atom is -0.497 e. The highest BCUT2D eigenvalue weighted by Crippen LogP contribution is 2.47. The molecule has 0 aliphatic carbocycles. The van der Waals surface area contributed by atoms with Gasteiger partial charge in [0.1, 0.15) is 22.3 Å². The molecule has 4 aromatic carbocycles. The van der Waals surface area contributed by atoms with Gasteiger partial charge in [-0.1, -0.05) is 48.5 Å². The number of carbonyl (C=O) groups excluding carboxylic acids is 2. The topological polar surface area (TPSA) is 102 Å². The number of ether oxygens (including phenoxy) is 1. The Morgan fingerprint density at radius 3 is 1.93 bits per heavy atom. The fraction of sp³-hybridized carbons (Fsp3) is 0.133. The zero-order valence-electron chi connectivity index (χ0n) is 21.3. The minimum atomic E-state index is -4.02. The van der Waals surface area contributed by atoms with Crippen molar-refractivity contribution in [1.29, 1.82) is 0 Å². The van der Waals surface area contributed by atoms with Gasteiger partial charge >= 0.3 is 10.1 Å². The van der Waals surface area contributed by atoms with Gasteiger partial charge in [-0.2, -0.15) is 8.42 Å². The molecule has 4 aromatic rings. The van der Waals surface area contributed by atoms with E-state index >= 15 is 0 Å². The Bertz CT molecular complexity index is 1640. The zero-order valence-corrected chi connectivity index (χ0v) is 22.1. The number of methoxy groups -OCH3 is 1. The van der Waals surface area contributed by atoms with E-state index in [1.165, 1.54) is 31.4 Å². The molecule has 2 fully saturated rings. The summed E-state index contributed by atoms with van der Waals surface area (Å²) in [5.41, 5.74) is 1.75. The highest BCUT2D eigenvalue weighted by atomic mass is 32.2. The highest BCUT2D eigenvalue weighted by Gasteiger charge is 2.60. The quantitative estimate of drug-likeness (QED) is 0.242. The SMILES string of the molecule is COc1ccc(N2C(=O)C3ON(c4ccccc4)C(c4ccc(OS(=O)(=O)c5ccccc5)cc4)C3C2=O)cc1. The maximum Gasteiger partial charge on any atom is 0.339 e. The van der Waals surface area contributed by atoms with Crippen LogP contribution in [0.3, 0.4) is 0 Å². The van der Waals surface area contributed by atoms with Gasteiger partial charge < -0.3 is 8.92 Å². The number of imide groups is 1. The van der Waals surface area contributed by atoms with Gasteiger partial charge in [-0.05, 0) is 66.2 Å². The van der Waals surface area contributed by atoms with E-state index < -0.39 is 40.0 Å². The van der Waals surface area contributed by atoms with Gasteiger partial charge in [0.25, 0.3) is 5.91 Å². The van der Waals surface area contributed by atoms with Crippen molar-refractivity contribution in [1.82, 2.24) is 0 Å². The van der Waals surface area contributed by atoms with Crippen LogP contribution in [0.4, 0.5) is 11.4 Å². The molecular weight excluding hydrogens is 532 g/mol. The molecule has 202 valence electrons. The molecular formula is C30H24N2O7S. The molecule has 0 N–H and O–H groups in total. The normalized spacial score (nSPS) is 20.5. The average Bonchev–Trinajstić information content (AvgIpc) is 3.50. The molecule has 0 saturated carbocycles. The third-order valence-electron chi connectivity index (χ3n) is 6.92. The number of para-hydroxylation sites is 1. The lowest BCUT2D eigenvalue weighted by Crippen LogP contribution is -2.37. The number of benzene rings is 4. The second-order valence-corrected chi connectivity index (χ2v) is 10.8. The Morgan fingerprint density at radius 1 is 0.700 bits per heavy atom. The fourth-order valence-corrected chi connectivity index (χ4v) is 5.97. The molecule has 2 aliphatic heterocycles. The molecule has 0 radical (unpaired) electrons. The van der Waals surface area contributed by atoms with Crippen molar-refractivity contribution in [2.75, 3.05) is 17.1 Å². The number of carbonyl (C=O) groups is 2. The van der Waals surface area contributed by atoms with Gasteiger partial charge in [-0.3, -0.25) is 14.4 Å². The summed E-state index contributed by atoms with van der Waals surface area (Å²) in [4.78, 5) is 34.6. The van der Waals surface area contributed by atoms with Crippen LogP contribution >= 0.6 is 0 Å². The van der Waals surface area contributed by atoms with Gasteiger partial charge in [-0.25, -0.2) is 9.96 Å². The first-order valence-corrected chi connectivity index (χ1v) is 13.9. The molecule has 10 heteroatoms. The Labute approximate surface area is 231 Å². The van der Waals surface area contributed by atoms with E-state index in [4.69, 9.17) is 13.8 Å². The maximum absolute atomic E-state index is 13.8. The Morgan fingerprint density at radius 2 is 1.30 bits per heavy atom. The molecule has 0 bridgehead atoms. The number of hydrogen-bond donors (Lipinski definition) is 0. The molecule has 3 unspecified atom stereocenters. The second-order valence-electron chi connectivity index (χ2n) is 9.29.